The molecule has 2 aromatic heterocycles. The van der Waals surface area contributed by atoms with Crippen molar-refractivity contribution in [2.75, 3.05) is 0 Å². The van der Waals surface area contributed by atoms with E-state index in [2.05, 4.69) is 23.2 Å². The second-order valence-electron chi connectivity index (χ2n) is 5.15. The predicted octanol–water partition coefficient (Wildman–Crippen LogP) is 3.25. The molecule has 0 radical (unpaired) electrons. The number of nitrogens with zero attached hydrogens (tertiary/aromatic N) is 1. The zero-order valence-electron chi connectivity index (χ0n) is 11.2. The summed E-state index contributed by atoms with van der Waals surface area (Å²) >= 11 is 1.70. The average Bonchev–Trinajstić information content (AvgIpc) is 2.82. The van der Waals surface area contributed by atoms with Gasteiger partial charge in [0.15, 0.2) is 0 Å². The summed E-state index contributed by atoms with van der Waals surface area (Å²) in [6.07, 6.45) is 11.6. The smallest absolute Gasteiger partial charge is 0.123 e. The third kappa shape index (κ3) is 2.80. The van der Waals surface area contributed by atoms with Crippen LogP contribution in [0.1, 0.15) is 28.0 Å². The standard InChI is InChI=1S/C16H17N3S/c17-16(18)14-8-15(20-10-14)7-11-1-3-12-5-6-19-9-13(12)4-2-11/h1,3,5-6,8-11H,2,4,7H2,(H3,17,18). The molecule has 1 aliphatic carbocycles. The van der Waals surface area contributed by atoms with Crippen molar-refractivity contribution in [1.82, 2.24) is 4.98 Å². The van der Waals surface area contributed by atoms with Crippen molar-refractivity contribution in [3.8, 4) is 0 Å². The zero-order valence-corrected chi connectivity index (χ0v) is 12.0. The Morgan fingerprint density at radius 3 is 3.20 bits per heavy atom. The summed E-state index contributed by atoms with van der Waals surface area (Å²) in [4.78, 5) is 5.50. The Labute approximate surface area is 122 Å². The van der Waals surface area contributed by atoms with E-state index in [0.29, 0.717) is 5.92 Å². The summed E-state index contributed by atoms with van der Waals surface area (Å²) in [6.45, 7) is 0. The summed E-state index contributed by atoms with van der Waals surface area (Å²) in [7, 11) is 0. The molecule has 0 amide bonds. The molecule has 0 aliphatic heterocycles. The number of nitrogens with one attached hydrogen (secondary N) is 1. The first-order valence-corrected chi connectivity index (χ1v) is 7.63. The molecule has 1 unspecified atom stereocenters. The molecule has 3 N–H and O–H groups in total. The van der Waals surface area contributed by atoms with Gasteiger partial charge in [-0.1, -0.05) is 12.2 Å². The molecule has 0 bridgehead atoms. The number of hydrogen-bond donors (Lipinski definition) is 2. The lowest BCUT2D eigenvalue weighted by Crippen LogP contribution is -2.09. The van der Waals surface area contributed by atoms with Crippen LogP contribution in [0, 0.1) is 11.3 Å². The van der Waals surface area contributed by atoms with E-state index in [1.807, 2.05) is 23.8 Å². The molecular formula is C16H17N3S. The largest absolute Gasteiger partial charge is 0.384 e. The molecule has 2 heterocycles. The number of thiophene rings is 1. The molecule has 2 aromatic rings. The molecule has 0 aromatic carbocycles. The Hall–Kier alpha value is -1.94. The number of amidine groups is 1. The number of allylic oxidation sites excluding steroid dienone is 1. The molecule has 0 spiro atoms. The van der Waals surface area contributed by atoms with Crippen molar-refractivity contribution in [2.45, 2.75) is 19.3 Å². The van der Waals surface area contributed by atoms with E-state index in [4.69, 9.17) is 11.1 Å². The molecule has 20 heavy (non-hydrogen) atoms. The predicted molar refractivity (Wildman–Crippen MR) is 84.1 cm³/mol. The Bertz CT molecular complexity index is 657. The van der Waals surface area contributed by atoms with Gasteiger partial charge in [0.25, 0.3) is 0 Å². The van der Waals surface area contributed by atoms with Gasteiger partial charge in [0, 0.05) is 28.2 Å². The van der Waals surface area contributed by atoms with E-state index in [1.54, 1.807) is 11.3 Å². The molecule has 0 saturated heterocycles. The van der Waals surface area contributed by atoms with Gasteiger partial charge < -0.3 is 5.73 Å². The monoisotopic (exact) mass is 283 g/mol. The van der Waals surface area contributed by atoms with Crippen LogP contribution >= 0.6 is 11.3 Å². The molecule has 0 saturated carbocycles. The first-order chi connectivity index (χ1) is 9.72. The van der Waals surface area contributed by atoms with Gasteiger partial charge in [0.1, 0.15) is 5.84 Å². The van der Waals surface area contributed by atoms with E-state index in [9.17, 15) is 0 Å². The van der Waals surface area contributed by atoms with Crippen molar-refractivity contribution in [3.05, 3.63) is 57.6 Å². The van der Waals surface area contributed by atoms with Gasteiger partial charge >= 0.3 is 0 Å². The van der Waals surface area contributed by atoms with Crippen molar-refractivity contribution >= 4 is 23.2 Å². The number of fused-ring (bicyclic) bond motifs is 1. The fraction of sp³-hybridized carbons (Fsp3) is 0.250. The van der Waals surface area contributed by atoms with Gasteiger partial charge in [-0.2, -0.15) is 0 Å². The minimum Gasteiger partial charge on any atom is -0.384 e. The molecular weight excluding hydrogens is 266 g/mol. The minimum absolute atomic E-state index is 0.155. The summed E-state index contributed by atoms with van der Waals surface area (Å²) in [5.41, 5.74) is 8.98. The second kappa shape index (κ2) is 5.59. The highest BCUT2D eigenvalue weighted by atomic mass is 32.1. The fourth-order valence-corrected chi connectivity index (χ4v) is 3.52. The van der Waals surface area contributed by atoms with Crippen molar-refractivity contribution < 1.29 is 0 Å². The lowest BCUT2D eigenvalue weighted by Gasteiger charge is -2.09. The summed E-state index contributed by atoms with van der Waals surface area (Å²) in [5.74, 6) is 0.697. The van der Waals surface area contributed by atoms with Gasteiger partial charge in [0.05, 0.1) is 0 Å². The van der Waals surface area contributed by atoms with Gasteiger partial charge in [-0.15, -0.1) is 11.3 Å². The maximum Gasteiger partial charge on any atom is 0.123 e. The Morgan fingerprint density at radius 2 is 2.40 bits per heavy atom. The lowest BCUT2D eigenvalue weighted by molar-refractivity contribution is 0.598. The van der Waals surface area contributed by atoms with Crippen molar-refractivity contribution in [1.29, 1.82) is 5.41 Å². The second-order valence-corrected chi connectivity index (χ2v) is 6.15. The van der Waals surface area contributed by atoms with Gasteiger partial charge in [0.2, 0.25) is 0 Å². The Balaban J connectivity index is 1.72. The van der Waals surface area contributed by atoms with Crippen LogP contribution in [-0.4, -0.2) is 10.8 Å². The highest BCUT2D eigenvalue weighted by Crippen LogP contribution is 2.26. The fourth-order valence-electron chi connectivity index (χ4n) is 2.54. The average molecular weight is 283 g/mol. The maximum atomic E-state index is 7.45. The number of rotatable bonds is 3. The highest BCUT2D eigenvalue weighted by Gasteiger charge is 2.13. The van der Waals surface area contributed by atoms with Gasteiger partial charge in [-0.25, -0.2) is 0 Å². The maximum absolute atomic E-state index is 7.45. The third-order valence-electron chi connectivity index (χ3n) is 3.70. The van der Waals surface area contributed by atoms with Crippen LogP contribution in [-0.2, 0) is 12.8 Å². The summed E-state index contributed by atoms with van der Waals surface area (Å²) in [5, 5.41) is 9.42. The van der Waals surface area contributed by atoms with Crippen LogP contribution in [0.2, 0.25) is 0 Å². The first kappa shape index (κ1) is 13.1. The third-order valence-corrected chi connectivity index (χ3v) is 4.66. The number of aryl methyl sites for hydroxylation is 1. The number of nitrogen functional groups attached to an aromatic ring is 1. The molecule has 3 rings (SSSR count). The van der Waals surface area contributed by atoms with E-state index in [-0.39, 0.29) is 5.84 Å². The number of nitrogens with two attached hydrogens (primary N) is 1. The molecule has 0 fully saturated rings. The van der Waals surface area contributed by atoms with Gasteiger partial charge in [-0.3, -0.25) is 10.4 Å². The quantitative estimate of drug-likeness (QED) is 0.671. The topological polar surface area (TPSA) is 62.8 Å². The zero-order chi connectivity index (χ0) is 13.9. The number of aromatic nitrogens is 1. The molecule has 1 aliphatic rings. The SMILES string of the molecule is N=C(N)c1csc(CC2C=Cc3ccncc3CC2)c1. The van der Waals surface area contributed by atoms with E-state index < -0.39 is 0 Å². The Kier molecular flexibility index (Phi) is 3.65. The van der Waals surface area contributed by atoms with E-state index in [1.165, 1.54) is 16.0 Å². The van der Waals surface area contributed by atoms with Crippen LogP contribution in [0.25, 0.3) is 6.08 Å². The van der Waals surface area contributed by atoms with Crippen LogP contribution < -0.4 is 5.73 Å². The number of hydrogen-bond acceptors (Lipinski definition) is 3. The van der Waals surface area contributed by atoms with Crippen molar-refractivity contribution in [3.63, 3.8) is 0 Å². The van der Waals surface area contributed by atoms with Crippen LogP contribution in [0.5, 0.6) is 0 Å². The molecule has 102 valence electrons. The number of pyridine rings is 1. The molecule has 4 heteroatoms. The summed E-state index contributed by atoms with van der Waals surface area (Å²) in [6, 6.07) is 4.12. The normalized spacial score (nSPS) is 17.5. The first-order valence-electron chi connectivity index (χ1n) is 6.75. The molecule has 1 atom stereocenters. The highest BCUT2D eigenvalue weighted by molar-refractivity contribution is 7.10. The Morgan fingerprint density at radius 1 is 1.50 bits per heavy atom. The van der Waals surface area contributed by atoms with Crippen LogP contribution in [0.3, 0.4) is 0 Å². The van der Waals surface area contributed by atoms with Crippen LogP contribution in [0.15, 0.2) is 36.0 Å². The van der Waals surface area contributed by atoms with Gasteiger partial charge in [-0.05, 0) is 48.4 Å². The van der Waals surface area contributed by atoms with Crippen molar-refractivity contribution in [2.24, 2.45) is 11.7 Å². The van der Waals surface area contributed by atoms with E-state index in [0.717, 1.165) is 24.8 Å². The summed E-state index contributed by atoms with van der Waals surface area (Å²) < 4.78 is 0. The van der Waals surface area contributed by atoms with E-state index >= 15 is 0 Å². The van der Waals surface area contributed by atoms with Crippen LogP contribution in [0.4, 0.5) is 0 Å². The minimum atomic E-state index is 0.155. The lowest BCUT2D eigenvalue weighted by atomic mass is 9.98. The molecule has 3 nitrogen and oxygen atoms in total.